The van der Waals surface area contributed by atoms with Gasteiger partial charge in [0.2, 0.25) is 0 Å². The molecule has 2 rings (SSSR count). The van der Waals surface area contributed by atoms with E-state index in [9.17, 15) is 0 Å². The van der Waals surface area contributed by atoms with Crippen LogP contribution < -0.4 is 10.2 Å². The Balaban J connectivity index is 2.04. The Morgan fingerprint density at radius 3 is 2.91 bits per heavy atom. The molecular weight excluding hydrogens is 144 g/mol. The minimum atomic E-state index is 0.839. The van der Waals surface area contributed by atoms with Crippen molar-refractivity contribution in [2.75, 3.05) is 31.1 Å². The molecule has 0 bridgehead atoms. The highest BCUT2D eigenvalue weighted by Crippen LogP contribution is 2.07. The second kappa shape index (κ2) is 2.87. The van der Waals surface area contributed by atoms with E-state index in [2.05, 4.69) is 25.2 Å². The van der Waals surface area contributed by atoms with Crippen LogP contribution in [0.5, 0.6) is 0 Å². The maximum atomic E-state index is 4.51. The van der Waals surface area contributed by atoms with Gasteiger partial charge in [-0.05, 0) is 5.16 Å². The van der Waals surface area contributed by atoms with Gasteiger partial charge in [0, 0.05) is 26.2 Å². The average Bonchev–Trinajstić information content (AvgIpc) is 2.58. The summed E-state index contributed by atoms with van der Waals surface area (Å²) in [6.07, 6.45) is 1.64. The molecule has 0 aliphatic carbocycles. The van der Waals surface area contributed by atoms with Crippen molar-refractivity contribution in [3.8, 4) is 0 Å². The zero-order valence-corrected chi connectivity index (χ0v) is 6.16. The van der Waals surface area contributed by atoms with Crippen LogP contribution >= 0.6 is 0 Å². The van der Waals surface area contributed by atoms with E-state index in [1.807, 2.05) is 0 Å². The van der Waals surface area contributed by atoms with Crippen molar-refractivity contribution in [1.29, 1.82) is 0 Å². The molecule has 0 saturated carbocycles. The maximum Gasteiger partial charge on any atom is 0.193 e. The van der Waals surface area contributed by atoms with Crippen molar-refractivity contribution < 1.29 is 4.63 Å². The molecule has 5 heteroatoms. The summed E-state index contributed by atoms with van der Waals surface area (Å²) in [6, 6.07) is 0. The van der Waals surface area contributed by atoms with Crippen molar-refractivity contribution >= 4 is 5.82 Å². The molecule has 1 aromatic heterocycles. The maximum absolute atomic E-state index is 4.51. The number of nitrogens with one attached hydrogen (secondary N) is 1. The fourth-order valence-corrected chi connectivity index (χ4v) is 1.19. The monoisotopic (exact) mass is 154 g/mol. The fraction of sp³-hybridized carbons (Fsp3) is 0.667. The number of hydrogen-bond acceptors (Lipinski definition) is 5. The first-order valence-corrected chi connectivity index (χ1v) is 3.70. The minimum absolute atomic E-state index is 0.839. The standard InChI is InChI=1S/C6H10N4O/c1-3-10(4-2-7-1)6-5-8-11-9-6/h5,7H,1-4H2. The first-order valence-electron chi connectivity index (χ1n) is 3.70. The quantitative estimate of drug-likeness (QED) is 0.589. The van der Waals surface area contributed by atoms with Crippen LogP contribution in [0.15, 0.2) is 10.8 Å². The molecular formula is C6H10N4O. The van der Waals surface area contributed by atoms with Gasteiger partial charge in [-0.25, -0.2) is 4.63 Å². The average molecular weight is 154 g/mol. The summed E-state index contributed by atoms with van der Waals surface area (Å²) in [6.45, 7) is 3.97. The predicted octanol–water partition coefficient (Wildman–Crippen LogP) is -0.521. The second-order valence-corrected chi connectivity index (χ2v) is 2.50. The zero-order chi connectivity index (χ0) is 7.52. The van der Waals surface area contributed by atoms with Gasteiger partial charge in [-0.15, -0.1) is 0 Å². The van der Waals surface area contributed by atoms with E-state index < -0.39 is 0 Å². The van der Waals surface area contributed by atoms with Gasteiger partial charge in [0.05, 0.1) is 0 Å². The Morgan fingerprint density at radius 2 is 2.27 bits per heavy atom. The second-order valence-electron chi connectivity index (χ2n) is 2.50. The summed E-state index contributed by atoms with van der Waals surface area (Å²) in [5.74, 6) is 0.839. The number of aromatic nitrogens is 2. The Kier molecular flexibility index (Phi) is 1.72. The van der Waals surface area contributed by atoms with Crippen LogP contribution in [0.25, 0.3) is 0 Å². The highest BCUT2D eigenvalue weighted by Gasteiger charge is 2.12. The largest absolute Gasteiger partial charge is 0.350 e. The van der Waals surface area contributed by atoms with E-state index in [-0.39, 0.29) is 0 Å². The van der Waals surface area contributed by atoms with Crippen LogP contribution in [-0.4, -0.2) is 36.5 Å². The van der Waals surface area contributed by atoms with E-state index in [0.29, 0.717) is 0 Å². The lowest BCUT2D eigenvalue weighted by Crippen LogP contribution is -2.43. The highest BCUT2D eigenvalue weighted by atomic mass is 16.6. The highest BCUT2D eigenvalue weighted by molar-refractivity contribution is 5.33. The van der Waals surface area contributed by atoms with Gasteiger partial charge in [0.15, 0.2) is 5.82 Å². The molecule has 1 fully saturated rings. The molecule has 0 amide bonds. The Hall–Kier alpha value is -1.10. The van der Waals surface area contributed by atoms with Crippen molar-refractivity contribution in [1.82, 2.24) is 15.6 Å². The summed E-state index contributed by atoms with van der Waals surface area (Å²) < 4.78 is 4.51. The molecule has 0 aromatic carbocycles. The summed E-state index contributed by atoms with van der Waals surface area (Å²) in [5.41, 5.74) is 0. The molecule has 1 aliphatic heterocycles. The number of piperazine rings is 1. The number of anilines is 1. The van der Waals surface area contributed by atoms with Crippen LogP contribution in [0.1, 0.15) is 0 Å². The van der Waals surface area contributed by atoms with Crippen LogP contribution in [-0.2, 0) is 0 Å². The molecule has 0 unspecified atom stereocenters. The molecule has 1 aromatic rings. The lowest BCUT2D eigenvalue weighted by Gasteiger charge is -2.25. The molecule has 60 valence electrons. The third kappa shape index (κ3) is 1.32. The number of hydrogen-bond donors (Lipinski definition) is 1. The number of rotatable bonds is 1. The molecule has 0 spiro atoms. The van der Waals surface area contributed by atoms with Gasteiger partial charge in [-0.1, -0.05) is 5.16 Å². The Morgan fingerprint density at radius 1 is 1.45 bits per heavy atom. The molecule has 1 saturated heterocycles. The Labute approximate surface area is 64.3 Å². The molecule has 11 heavy (non-hydrogen) atoms. The van der Waals surface area contributed by atoms with Crippen molar-refractivity contribution in [2.45, 2.75) is 0 Å². The first kappa shape index (κ1) is 6.60. The van der Waals surface area contributed by atoms with Crippen molar-refractivity contribution in [2.24, 2.45) is 0 Å². The minimum Gasteiger partial charge on any atom is -0.350 e. The third-order valence-electron chi connectivity index (χ3n) is 1.79. The molecule has 1 N–H and O–H groups in total. The molecule has 0 radical (unpaired) electrons. The summed E-state index contributed by atoms with van der Waals surface area (Å²) >= 11 is 0. The van der Waals surface area contributed by atoms with Crippen LogP contribution in [0.4, 0.5) is 5.82 Å². The van der Waals surface area contributed by atoms with Crippen molar-refractivity contribution in [3.63, 3.8) is 0 Å². The number of nitrogens with zero attached hydrogens (tertiary/aromatic N) is 3. The lowest BCUT2D eigenvalue weighted by atomic mass is 10.4. The van der Waals surface area contributed by atoms with Crippen LogP contribution in [0.3, 0.4) is 0 Å². The summed E-state index contributed by atoms with van der Waals surface area (Å²) in [7, 11) is 0. The molecule has 1 aliphatic rings. The first-order chi connectivity index (χ1) is 5.47. The van der Waals surface area contributed by atoms with E-state index in [1.54, 1.807) is 6.20 Å². The molecule has 2 heterocycles. The normalized spacial score (nSPS) is 18.7. The lowest BCUT2D eigenvalue weighted by molar-refractivity contribution is 0.306. The van der Waals surface area contributed by atoms with Gasteiger partial charge >= 0.3 is 0 Å². The van der Waals surface area contributed by atoms with E-state index in [1.165, 1.54) is 0 Å². The smallest absolute Gasteiger partial charge is 0.193 e. The zero-order valence-electron chi connectivity index (χ0n) is 6.16. The fourth-order valence-electron chi connectivity index (χ4n) is 1.19. The van der Waals surface area contributed by atoms with Gasteiger partial charge < -0.3 is 10.2 Å². The van der Waals surface area contributed by atoms with Gasteiger partial charge in [0.25, 0.3) is 0 Å². The van der Waals surface area contributed by atoms with Gasteiger partial charge in [-0.2, -0.15) is 0 Å². The third-order valence-corrected chi connectivity index (χ3v) is 1.79. The SMILES string of the molecule is c1nonc1N1CCNCC1. The van der Waals surface area contributed by atoms with Crippen molar-refractivity contribution in [3.05, 3.63) is 6.20 Å². The van der Waals surface area contributed by atoms with E-state index >= 15 is 0 Å². The van der Waals surface area contributed by atoms with E-state index in [0.717, 1.165) is 32.0 Å². The summed E-state index contributed by atoms with van der Waals surface area (Å²) in [5, 5.41) is 10.6. The van der Waals surface area contributed by atoms with Crippen LogP contribution in [0, 0.1) is 0 Å². The predicted molar refractivity (Wildman–Crippen MR) is 39.4 cm³/mol. The molecule has 0 atom stereocenters. The summed E-state index contributed by atoms with van der Waals surface area (Å²) in [4.78, 5) is 2.15. The van der Waals surface area contributed by atoms with Gasteiger partial charge in [0.1, 0.15) is 6.20 Å². The van der Waals surface area contributed by atoms with Crippen LogP contribution in [0.2, 0.25) is 0 Å². The Bertz CT molecular complexity index is 204. The van der Waals surface area contributed by atoms with E-state index in [4.69, 9.17) is 0 Å². The topological polar surface area (TPSA) is 54.2 Å². The van der Waals surface area contributed by atoms with Gasteiger partial charge in [-0.3, -0.25) is 0 Å². The molecule has 5 nitrogen and oxygen atoms in total.